The van der Waals surface area contributed by atoms with E-state index in [-0.39, 0.29) is 0 Å². The summed E-state index contributed by atoms with van der Waals surface area (Å²) in [7, 11) is 0. The topological polar surface area (TPSA) is 40.5 Å². The molecule has 0 bridgehead atoms. The van der Waals surface area contributed by atoms with Gasteiger partial charge in [-0.05, 0) is 19.4 Å². The van der Waals surface area contributed by atoms with Gasteiger partial charge in [0.2, 0.25) is 0 Å². The van der Waals surface area contributed by atoms with E-state index in [0.29, 0.717) is 12.6 Å². The van der Waals surface area contributed by atoms with Crippen LogP contribution in [0.5, 0.6) is 0 Å². The zero-order valence-electron chi connectivity index (χ0n) is 10.3. The second-order valence-electron chi connectivity index (χ2n) is 4.25. The molecule has 0 heterocycles. The predicted octanol–water partition coefficient (Wildman–Crippen LogP) is 2.54. The van der Waals surface area contributed by atoms with Crippen molar-refractivity contribution in [3.8, 4) is 0 Å². The molecular weight excluding hydrogens is 214 g/mol. The Morgan fingerprint density at radius 2 is 2.00 bits per heavy atom. The first-order chi connectivity index (χ1) is 8.09. The molecule has 0 fully saturated rings. The lowest BCUT2D eigenvalue weighted by Gasteiger charge is -2.25. The molecule has 0 saturated heterocycles. The quantitative estimate of drug-likeness (QED) is 0.768. The van der Waals surface area contributed by atoms with Crippen LogP contribution in [0.15, 0.2) is 42.5 Å². The van der Waals surface area contributed by atoms with Crippen molar-refractivity contribution in [2.45, 2.75) is 26.4 Å². The second kappa shape index (κ2) is 6.86. The van der Waals surface area contributed by atoms with Crippen LogP contribution in [0, 0.1) is 0 Å². The van der Waals surface area contributed by atoms with Gasteiger partial charge >= 0.3 is 5.97 Å². The van der Waals surface area contributed by atoms with Gasteiger partial charge in [-0.15, -0.1) is 0 Å². The zero-order chi connectivity index (χ0) is 12.7. The molecule has 0 radical (unpaired) electrons. The molecule has 0 aliphatic carbocycles. The van der Waals surface area contributed by atoms with Crippen LogP contribution in [0.4, 0.5) is 0 Å². The number of nitrogens with zero attached hydrogens (tertiary/aromatic N) is 1. The molecule has 0 saturated carbocycles. The van der Waals surface area contributed by atoms with Crippen molar-refractivity contribution >= 4 is 5.97 Å². The fourth-order valence-corrected chi connectivity index (χ4v) is 1.56. The van der Waals surface area contributed by atoms with Gasteiger partial charge in [0.05, 0.1) is 0 Å². The highest BCUT2D eigenvalue weighted by atomic mass is 16.4. The van der Waals surface area contributed by atoms with Crippen molar-refractivity contribution in [3.05, 3.63) is 48.0 Å². The first-order valence-electron chi connectivity index (χ1n) is 5.77. The summed E-state index contributed by atoms with van der Waals surface area (Å²) < 4.78 is 0. The lowest BCUT2D eigenvalue weighted by Crippen LogP contribution is -2.30. The Balaban J connectivity index is 2.58. The Bertz CT molecular complexity index is 371. The summed E-state index contributed by atoms with van der Waals surface area (Å²) >= 11 is 0. The number of hydrogen-bond acceptors (Lipinski definition) is 2. The summed E-state index contributed by atoms with van der Waals surface area (Å²) in [5.41, 5.74) is 1.24. The fourth-order valence-electron chi connectivity index (χ4n) is 1.56. The largest absolute Gasteiger partial charge is 0.478 e. The van der Waals surface area contributed by atoms with Gasteiger partial charge in [-0.2, -0.15) is 0 Å². The van der Waals surface area contributed by atoms with E-state index in [1.54, 1.807) is 6.08 Å². The molecule has 3 nitrogen and oxygen atoms in total. The summed E-state index contributed by atoms with van der Waals surface area (Å²) in [6, 6.07) is 10.6. The minimum Gasteiger partial charge on any atom is -0.478 e. The number of rotatable bonds is 6. The molecular formula is C14H19NO2. The molecule has 0 aliphatic heterocycles. The smallest absolute Gasteiger partial charge is 0.328 e. The molecule has 92 valence electrons. The van der Waals surface area contributed by atoms with Crippen molar-refractivity contribution in [1.82, 2.24) is 4.90 Å². The van der Waals surface area contributed by atoms with Crippen molar-refractivity contribution < 1.29 is 9.90 Å². The van der Waals surface area contributed by atoms with Gasteiger partial charge in [-0.3, -0.25) is 4.90 Å². The number of carbonyl (C=O) groups is 1. The Morgan fingerprint density at radius 3 is 2.53 bits per heavy atom. The average molecular weight is 233 g/mol. The summed E-state index contributed by atoms with van der Waals surface area (Å²) in [6.07, 6.45) is 2.88. The molecule has 3 heteroatoms. The fraction of sp³-hybridized carbons (Fsp3) is 0.357. The van der Waals surface area contributed by atoms with E-state index >= 15 is 0 Å². The SMILES string of the molecule is CC(C)N(C/C=C/C(=O)O)Cc1ccccc1. The van der Waals surface area contributed by atoms with E-state index in [4.69, 9.17) is 5.11 Å². The molecule has 1 rings (SSSR count). The highest BCUT2D eigenvalue weighted by Gasteiger charge is 2.08. The Labute approximate surface area is 102 Å². The van der Waals surface area contributed by atoms with Crippen molar-refractivity contribution in [1.29, 1.82) is 0 Å². The standard InChI is InChI=1S/C14H19NO2/c1-12(2)15(10-6-9-14(16)17)11-13-7-4-3-5-8-13/h3-9,12H,10-11H2,1-2H3,(H,16,17)/b9-6+. The Kier molecular flexibility index (Phi) is 5.43. The second-order valence-corrected chi connectivity index (χ2v) is 4.25. The van der Waals surface area contributed by atoms with Gasteiger partial charge < -0.3 is 5.11 Å². The van der Waals surface area contributed by atoms with Gasteiger partial charge in [-0.25, -0.2) is 4.79 Å². The van der Waals surface area contributed by atoms with Crippen molar-refractivity contribution in [2.24, 2.45) is 0 Å². The van der Waals surface area contributed by atoms with Gasteiger partial charge in [-0.1, -0.05) is 36.4 Å². The highest BCUT2D eigenvalue weighted by molar-refractivity contribution is 5.79. The predicted molar refractivity (Wildman–Crippen MR) is 68.8 cm³/mol. The highest BCUT2D eigenvalue weighted by Crippen LogP contribution is 2.07. The third-order valence-electron chi connectivity index (χ3n) is 2.56. The first-order valence-corrected chi connectivity index (χ1v) is 5.77. The van der Waals surface area contributed by atoms with Crippen LogP contribution in [0.25, 0.3) is 0 Å². The number of carboxylic acids is 1. The molecule has 0 aromatic heterocycles. The average Bonchev–Trinajstić information content (AvgIpc) is 2.28. The van der Waals surface area contributed by atoms with Crippen LogP contribution in [-0.2, 0) is 11.3 Å². The van der Waals surface area contributed by atoms with E-state index in [2.05, 4.69) is 30.9 Å². The van der Waals surface area contributed by atoms with E-state index in [9.17, 15) is 4.79 Å². The molecule has 0 atom stereocenters. The van der Waals surface area contributed by atoms with Crippen LogP contribution in [-0.4, -0.2) is 28.6 Å². The summed E-state index contributed by atoms with van der Waals surface area (Å²) in [5, 5.41) is 8.55. The molecule has 1 N–H and O–H groups in total. The van der Waals surface area contributed by atoms with Crippen LogP contribution in [0.3, 0.4) is 0 Å². The number of hydrogen-bond donors (Lipinski definition) is 1. The molecule has 1 aromatic carbocycles. The maximum Gasteiger partial charge on any atom is 0.328 e. The lowest BCUT2D eigenvalue weighted by atomic mass is 10.2. The van der Waals surface area contributed by atoms with E-state index < -0.39 is 5.97 Å². The van der Waals surface area contributed by atoms with Crippen LogP contribution in [0.1, 0.15) is 19.4 Å². The minimum atomic E-state index is -0.895. The molecule has 1 aromatic rings. The van der Waals surface area contributed by atoms with Gasteiger partial charge in [0.15, 0.2) is 0 Å². The third kappa shape index (κ3) is 5.31. The Morgan fingerprint density at radius 1 is 1.35 bits per heavy atom. The minimum absolute atomic E-state index is 0.383. The van der Waals surface area contributed by atoms with E-state index in [0.717, 1.165) is 6.54 Å². The zero-order valence-corrected chi connectivity index (χ0v) is 10.3. The molecule has 0 spiro atoms. The normalized spacial score (nSPS) is 11.5. The summed E-state index contributed by atoms with van der Waals surface area (Å²) in [5.74, 6) is -0.895. The molecule has 17 heavy (non-hydrogen) atoms. The maximum atomic E-state index is 10.4. The summed E-state index contributed by atoms with van der Waals surface area (Å²) in [4.78, 5) is 12.6. The van der Waals surface area contributed by atoms with Gasteiger partial charge in [0, 0.05) is 25.2 Å². The van der Waals surface area contributed by atoms with Crippen LogP contribution >= 0.6 is 0 Å². The monoisotopic (exact) mass is 233 g/mol. The van der Waals surface area contributed by atoms with Crippen molar-refractivity contribution in [2.75, 3.05) is 6.54 Å². The molecule has 0 aliphatic rings. The van der Waals surface area contributed by atoms with Crippen molar-refractivity contribution in [3.63, 3.8) is 0 Å². The first kappa shape index (κ1) is 13.5. The summed E-state index contributed by atoms with van der Waals surface area (Å²) in [6.45, 7) is 5.70. The van der Waals surface area contributed by atoms with Crippen LogP contribution < -0.4 is 0 Å². The van der Waals surface area contributed by atoms with Gasteiger partial charge in [0.1, 0.15) is 0 Å². The number of benzene rings is 1. The molecule has 0 unspecified atom stereocenters. The maximum absolute atomic E-state index is 10.4. The van der Waals surface area contributed by atoms with E-state index in [1.807, 2.05) is 18.2 Å². The van der Waals surface area contributed by atoms with Gasteiger partial charge in [0.25, 0.3) is 0 Å². The molecule has 0 amide bonds. The Hall–Kier alpha value is -1.61. The number of carboxylic acid groups (broad SMARTS) is 1. The number of aliphatic carboxylic acids is 1. The lowest BCUT2D eigenvalue weighted by molar-refractivity contribution is -0.131. The third-order valence-corrected chi connectivity index (χ3v) is 2.56. The van der Waals surface area contributed by atoms with Crippen LogP contribution in [0.2, 0.25) is 0 Å². The van der Waals surface area contributed by atoms with E-state index in [1.165, 1.54) is 11.6 Å².